The Hall–Kier alpha value is -3.00. The predicted molar refractivity (Wildman–Crippen MR) is 88.8 cm³/mol. The van der Waals surface area contributed by atoms with E-state index in [1.807, 2.05) is 0 Å². The van der Waals surface area contributed by atoms with Gasteiger partial charge in [0.1, 0.15) is 11.6 Å². The van der Waals surface area contributed by atoms with Crippen molar-refractivity contribution in [3.8, 4) is 11.6 Å². The maximum Gasteiger partial charge on any atom is 0.218 e. The minimum Gasteiger partial charge on any atom is -0.508 e. The molecule has 0 saturated heterocycles. The van der Waals surface area contributed by atoms with E-state index in [0.717, 1.165) is 0 Å². The van der Waals surface area contributed by atoms with E-state index in [9.17, 15) is 14.6 Å². The van der Waals surface area contributed by atoms with Gasteiger partial charge in [-0.05, 0) is 54.7 Å². The van der Waals surface area contributed by atoms with E-state index < -0.39 is 5.82 Å². The van der Waals surface area contributed by atoms with E-state index in [0.29, 0.717) is 16.6 Å². The van der Waals surface area contributed by atoms with Gasteiger partial charge in [0.15, 0.2) is 5.69 Å². The molecule has 0 atom stereocenters. The topological polar surface area (TPSA) is 93.0 Å². The highest BCUT2D eigenvalue weighted by atomic mass is 32.1. The van der Waals surface area contributed by atoms with Crippen molar-refractivity contribution in [1.29, 1.82) is 0 Å². The summed E-state index contributed by atoms with van der Waals surface area (Å²) >= 11 is 5.03. The third-order valence-electron chi connectivity index (χ3n) is 3.07. The first-order valence-corrected chi connectivity index (χ1v) is 6.96. The summed E-state index contributed by atoms with van der Waals surface area (Å²) in [4.78, 5) is 2.68. The molecule has 6 nitrogen and oxygen atoms in total. The Balaban J connectivity index is 1.82. The Morgan fingerprint density at radius 1 is 1.13 bits per heavy atom. The molecule has 0 aliphatic heterocycles. The third-order valence-corrected chi connectivity index (χ3v) is 3.26. The van der Waals surface area contributed by atoms with Crippen LogP contribution in [-0.2, 0) is 0 Å². The minimum absolute atomic E-state index is 0.0563. The van der Waals surface area contributed by atoms with Crippen LogP contribution in [0.25, 0.3) is 10.9 Å². The Morgan fingerprint density at radius 2 is 1.87 bits per heavy atom. The SMILES string of the molecule is Oc1ccc(NC(=S)N=Nc2c(O)[nH]c3ccc(F)cc23)cc1. The van der Waals surface area contributed by atoms with Crippen LogP contribution in [0.5, 0.6) is 11.6 Å². The maximum absolute atomic E-state index is 13.3. The smallest absolute Gasteiger partial charge is 0.218 e. The predicted octanol–water partition coefficient (Wildman–Crippen LogP) is 4.20. The third kappa shape index (κ3) is 3.27. The van der Waals surface area contributed by atoms with Crippen LogP contribution in [0, 0.1) is 5.82 Å². The molecule has 0 aliphatic rings. The number of nitrogens with one attached hydrogen (secondary N) is 2. The molecule has 0 saturated carbocycles. The zero-order chi connectivity index (χ0) is 16.4. The van der Waals surface area contributed by atoms with Gasteiger partial charge in [-0.25, -0.2) is 4.39 Å². The molecule has 3 aromatic rings. The summed E-state index contributed by atoms with van der Waals surface area (Å²) in [6, 6.07) is 10.3. The fraction of sp³-hybridized carbons (Fsp3) is 0. The second-order valence-electron chi connectivity index (χ2n) is 4.69. The minimum atomic E-state index is -0.447. The standard InChI is InChI=1S/C15H11FN4O2S/c16-8-1-6-12-11(7-8)13(14(22)18-12)19-20-15(23)17-9-2-4-10(21)5-3-9/h1-7,18,21-22H,(H,17,23). The first kappa shape index (κ1) is 14.9. The number of thiocarbonyl (C=S) groups is 1. The number of aromatic amines is 1. The summed E-state index contributed by atoms with van der Waals surface area (Å²) in [6.45, 7) is 0. The zero-order valence-electron chi connectivity index (χ0n) is 11.6. The van der Waals surface area contributed by atoms with Gasteiger partial charge in [0, 0.05) is 11.1 Å². The number of anilines is 1. The average Bonchev–Trinajstić information content (AvgIpc) is 2.82. The summed E-state index contributed by atoms with van der Waals surface area (Å²) in [5.41, 5.74) is 1.27. The molecular formula is C15H11FN4O2S. The summed E-state index contributed by atoms with van der Waals surface area (Å²) < 4.78 is 13.3. The van der Waals surface area contributed by atoms with Gasteiger partial charge in [0.2, 0.25) is 11.0 Å². The Kier molecular flexibility index (Phi) is 3.90. The number of aromatic hydroxyl groups is 2. The fourth-order valence-electron chi connectivity index (χ4n) is 2.03. The van der Waals surface area contributed by atoms with Crippen LogP contribution in [0.15, 0.2) is 52.7 Å². The van der Waals surface area contributed by atoms with E-state index in [2.05, 4.69) is 20.5 Å². The number of halogens is 1. The maximum atomic E-state index is 13.3. The summed E-state index contributed by atoms with van der Waals surface area (Å²) in [6.07, 6.45) is 0. The van der Waals surface area contributed by atoms with E-state index in [4.69, 9.17) is 12.2 Å². The second kappa shape index (κ2) is 6.01. The molecule has 2 aromatic carbocycles. The van der Waals surface area contributed by atoms with Crippen LogP contribution in [-0.4, -0.2) is 20.3 Å². The van der Waals surface area contributed by atoms with Gasteiger partial charge >= 0.3 is 0 Å². The number of hydrogen-bond donors (Lipinski definition) is 4. The van der Waals surface area contributed by atoms with Crippen LogP contribution in [0.4, 0.5) is 15.8 Å². The molecule has 0 amide bonds. The lowest BCUT2D eigenvalue weighted by atomic mass is 10.2. The van der Waals surface area contributed by atoms with Gasteiger partial charge in [0.25, 0.3) is 0 Å². The zero-order valence-corrected chi connectivity index (χ0v) is 12.4. The molecule has 8 heteroatoms. The van der Waals surface area contributed by atoms with Gasteiger partial charge in [-0.15, -0.1) is 10.2 Å². The van der Waals surface area contributed by atoms with Gasteiger partial charge in [-0.2, -0.15) is 0 Å². The highest BCUT2D eigenvalue weighted by Crippen LogP contribution is 2.35. The number of H-pyrrole nitrogens is 1. The number of azo groups is 1. The number of benzene rings is 2. The number of phenolic OH excluding ortho intramolecular Hbond substituents is 1. The fourth-order valence-corrected chi connectivity index (χ4v) is 2.18. The number of aromatic nitrogens is 1. The Morgan fingerprint density at radius 3 is 2.61 bits per heavy atom. The van der Waals surface area contributed by atoms with Gasteiger partial charge < -0.3 is 20.5 Å². The van der Waals surface area contributed by atoms with E-state index >= 15 is 0 Å². The van der Waals surface area contributed by atoms with Crippen molar-refractivity contribution >= 4 is 39.6 Å². The lowest BCUT2D eigenvalue weighted by molar-refractivity contribution is 0.459. The van der Waals surface area contributed by atoms with Crippen LogP contribution < -0.4 is 5.32 Å². The quantitative estimate of drug-likeness (QED) is 0.322. The van der Waals surface area contributed by atoms with E-state index in [-0.39, 0.29) is 22.4 Å². The van der Waals surface area contributed by atoms with Crippen molar-refractivity contribution in [2.45, 2.75) is 0 Å². The average molecular weight is 330 g/mol. The normalized spacial score (nSPS) is 11.2. The monoisotopic (exact) mass is 330 g/mol. The van der Waals surface area contributed by atoms with E-state index in [1.54, 1.807) is 12.1 Å². The molecule has 1 aromatic heterocycles. The lowest BCUT2D eigenvalue weighted by Gasteiger charge is -2.02. The van der Waals surface area contributed by atoms with Crippen LogP contribution in [0.2, 0.25) is 0 Å². The van der Waals surface area contributed by atoms with Crippen LogP contribution in [0.1, 0.15) is 0 Å². The Bertz CT molecular complexity index is 906. The van der Waals surface area contributed by atoms with Crippen molar-refractivity contribution in [2.24, 2.45) is 10.2 Å². The summed E-state index contributed by atoms with van der Waals surface area (Å²) in [7, 11) is 0. The molecule has 23 heavy (non-hydrogen) atoms. The number of nitrogens with zero attached hydrogens (tertiary/aromatic N) is 2. The molecule has 0 aliphatic carbocycles. The number of hydrogen-bond acceptors (Lipinski definition) is 4. The second-order valence-corrected chi connectivity index (χ2v) is 5.08. The molecule has 0 bridgehead atoms. The lowest BCUT2D eigenvalue weighted by Crippen LogP contribution is -2.04. The van der Waals surface area contributed by atoms with Crippen molar-refractivity contribution < 1.29 is 14.6 Å². The molecule has 0 unspecified atom stereocenters. The highest BCUT2D eigenvalue weighted by molar-refractivity contribution is 7.80. The van der Waals surface area contributed by atoms with Gasteiger partial charge in [-0.1, -0.05) is 0 Å². The molecule has 3 rings (SSSR count). The highest BCUT2D eigenvalue weighted by Gasteiger charge is 2.11. The summed E-state index contributed by atoms with van der Waals surface area (Å²) in [5, 5.41) is 30.0. The van der Waals surface area contributed by atoms with Crippen molar-refractivity contribution in [3.05, 3.63) is 48.3 Å². The molecule has 0 radical (unpaired) electrons. The molecule has 0 spiro atoms. The van der Waals surface area contributed by atoms with E-state index in [1.165, 1.54) is 30.3 Å². The molecular weight excluding hydrogens is 319 g/mol. The van der Waals surface area contributed by atoms with Crippen LogP contribution in [0.3, 0.4) is 0 Å². The summed E-state index contributed by atoms with van der Waals surface area (Å²) in [5.74, 6) is -0.534. The van der Waals surface area contributed by atoms with Gasteiger partial charge in [-0.3, -0.25) is 0 Å². The number of rotatable bonds is 2. The first-order chi connectivity index (χ1) is 11.0. The molecule has 1 heterocycles. The van der Waals surface area contributed by atoms with Crippen molar-refractivity contribution in [2.75, 3.05) is 5.32 Å². The van der Waals surface area contributed by atoms with Crippen LogP contribution >= 0.6 is 12.2 Å². The number of phenols is 1. The molecule has 0 fully saturated rings. The van der Waals surface area contributed by atoms with Crippen molar-refractivity contribution in [1.82, 2.24) is 4.98 Å². The Labute approximate surface area is 135 Å². The first-order valence-electron chi connectivity index (χ1n) is 6.55. The van der Waals surface area contributed by atoms with Gasteiger partial charge in [0.05, 0.1) is 5.52 Å². The molecule has 4 N–H and O–H groups in total. The molecule has 116 valence electrons. The largest absolute Gasteiger partial charge is 0.508 e. The number of fused-ring (bicyclic) bond motifs is 1. The van der Waals surface area contributed by atoms with Crippen molar-refractivity contribution in [3.63, 3.8) is 0 Å².